The fourth-order valence-electron chi connectivity index (χ4n) is 3.40. The molecule has 3 heteroatoms. The number of nitrogens with zero attached hydrogens (tertiary/aromatic N) is 1. The van der Waals surface area contributed by atoms with Gasteiger partial charge >= 0.3 is 0 Å². The minimum Gasteiger partial charge on any atom is -0.374 e. The molecule has 17 heavy (non-hydrogen) atoms. The van der Waals surface area contributed by atoms with Gasteiger partial charge in [-0.1, -0.05) is 19.8 Å². The van der Waals surface area contributed by atoms with Crippen molar-refractivity contribution < 1.29 is 4.74 Å². The first-order valence-corrected chi connectivity index (χ1v) is 7.18. The first-order valence-electron chi connectivity index (χ1n) is 7.18. The lowest BCUT2D eigenvalue weighted by Gasteiger charge is -2.40. The molecule has 0 aromatic heterocycles. The Bertz CT molecular complexity index is 226. The Balaban J connectivity index is 1.90. The summed E-state index contributed by atoms with van der Waals surface area (Å²) in [7, 11) is 4.30. The average Bonchev–Trinajstić information content (AvgIpc) is 2.33. The second-order valence-electron chi connectivity index (χ2n) is 6.01. The highest BCUT2D eigenvalue weighted by Crippen LogP contribution is 2.32. The third-order valence-corrected chi connectivity index (χ3v) is 4.60. The Labute approximate surface area is 106 Å². The summed E-state index contributed by atoms with van der Waals surface area (Å²) in [5, 5.41) is 3.53. The summed E-state index contributed by atoms with van der Waals surface area (Å²) < 4.78 is 5.98. The number of rotatable bonds is 3. The van der Waals surface area contributed by atoms with Gasteiger partial charge in [-0.3, -0.25) is 0 Å². The van der Waals surface area contributed by atoms with Gasteiger partial charge in [-0.15, -0.1) is 0 Å². The van der Waals surface area contributed by atoms with Crippen LogP contribution in [0.1, 0.15) is 32.6 Å². The highest BCUT2D eigenvalue weighted by atomic mass is 16.5. The van der Waals surface area contributed by atoms with Crippen LogP contribution in [0.15, 0.2) is 0 Å². The number of likely N-dealkylation sites (N-methyl/N-ethyl adjacent to an activating group) is 2. The maximum absolute atomic E-state index is 5.98. The molecule has 1 saturated heterocycles. The monoisotopic (exact) mass is 240 g/mol. The summed E-state index contributed by atoms with van der Waals surface area (Å²) in [6.45, 7) is 5.43. The molecule has 1 N–H and O–H groups in total. The number of ether oxygens (including phenoxy) is 1. The van der Waals surface area contributed by atoms with Crippen LogP contribution in [0.25, 0.3) is 0 Å². The third kappa shape index (κ3) is 3.43. The normalized spacial score (nSPS) is 37.9. The van der Waals surface area contributed by atoms with Crippen molar-refractivity contribution in [2.45, 2.75) is 44.8 Å². The molecule has 1 saturated carbocycles. The van der Waals surface area contributed by atoms with E-state index in [1.54, 1.807) is 0 Å². The van der Waals surface area contributed by atoms with E-state index in [1.165, 1.54) is 25.7 Å². The molecule has 2 atom stereocenters. The summed E-state index contributed by atoms with van der Waals surface area (Å²) in [6, 6.07) is 0.547. The molecule has 3 nitrogen and oxygen atoms in total. The Hall–Kier alpha value is -0.120. The largest absolute Gasteiger partial charge is 0.374 e. The predicted octanol–water partition coefficient (Wildman–Crippen LogP) is 1.73. The maximum atomic E-state index is 5.98. The molecule has 0 amide bonds. The molecule has 2 fully saturated rings. The van der Waals surface area contributed by atoms with Crippen LogP contribution in [-0.2, 0) is 4.74 Å². The zero-order chi connectivity index (χ0) is 12.3. The molecule has 0 bridgehead atoms. The SMILES string of the molecule is CNC(C1CCC(C)CC1)C1CN(C)CCO1. The lowest BCUT2D eigenvalue weighted by Crippen LogP contribution is -2.53. The summed E-state index contributed by atoms with van der Waals surface area (Å²) in [5.74, 6) is 1.74. The summed E-state index contributed by atoms with van der Waals surface area (Å²) in [6.07, 6.45) is 5.92. The van der Waals surface area contributed by atoms with Gasteiger partial charge in [-0.2, -0.15) is 0 Å². The quantitative estimate of drug-likeness (QED) is 0.813. The molecule has 0 aromatic carbocycles. The van der Waals surface area contributed by atoms with Crippen LogP contribution in [0.5, 0.6) is 0 Å². The van der Waals surface area contributed by atoms with Gasteiger partial charge in [-0.25, -0.2) is 0 Å². The summed E-state index contributed by atoms with van der Waals surface area (Å²) in [4.78, 5) is 2.39. The average molecular weight is 240 g/mol. The Morgan fingerprint density at radius 3 is 2.53 bits per heavy atom. The van der Waals surface area contributed by atoms with Gasteiger partial charge in [0.15, 0.2) is 0 Å². The van der Waals surface area contributed by atoms with Gasteiger partial charge < -0.3 is 15.0 Å². The smallest absolute Gasteiger partial charge is 0.0857 e. The van der Waals surface area contributed by atoms with Crippen molar-refractivity contribution in [3.05, 3.63) is 0 Å². The second kappa shape index (κ2) is 6.17. The van der Waals surface area contributed by atoms with Crippen LogP contribution in [-0.4, -0.2) is 50.8 Å². The van der Waals surface area contributed by atoms with Gasteiger partial charge in [-0.05, 0) is 38.8 Å². The van der Waals surface area contributed by atoms with Gasteiger partial charge in [0.25, 0.3) is 0 Å². The molecular weight excluding hydrogens is 212 g/mol. The lowest BCUT2D eigenvalue weighted by atomic mass is 9.77. The van der Waals surface area contributed by atoms with E-state index in [9.17, 15) is 0 Å². The molecule has 1 aliphatic carbocycles. The first kappa shape index (κ1) is 13.3. The highest BCUT2D eigenvalue weighted by molar-refractivity contribution is 4.88. The van der Waals surface area contributed by atoms with Crippen LogP contribution in [0.3, 0.4) is 0 Å². The van der Waals surface area contributed by atoms with E-state index in [0.29, 0.717) is 12.1 Å². The van der Waals surface area contributed by atoms with Crippen LogP contribution in [0.4, 0.5) is 0 Å². The molecule has 0 spiro atoms. The van der Waals surface area contributed by atoms with Crippen molar-refractivity contribution in [3.63, 3.8) is 0 Å². The second-order valence-corrected chi connectivity index (χ2v) is 6.01. The zero-order valence-electron chi connectivity index (χ0n) is 11.6. The molecular formula is C14H28N2O. The maximum Gasteiger partial charge on any atom is 0.0857 e. The van der Waals surface area contributed by atoms with E-state index in [4.69, 9.17) is 4.74 Å². The summed E-state index contributed by atoms with van der Waals surface area (Å²) >= 11 is 0. The number of hydrogen-bond donors (Lipinski definition) is 1. The van der Waals surface area contributed by atoms with Crippen molar-refractivity contribution in [3.8, 4) is 0 Å². The fourth-order valence-corrected chi connectivity index (χ4v) is 3.40. The van der Waals surface area contributed by atoms with Crippen molar-refractivity contribution in [1.29, 1.82) is 0 Å². The van der Waals surface area contributed by atoms with Gasteiger partial charge in [0.1, 0.15) is 0 Å². The van der Waals surface area contributed by atoms with Crippen LogP contribution < -0.4 is 5.32 Å². The summed E-state index contributed by atoms with van der Waals surface area (Å²) in [5.41, 5.74) is 0. The highest BCUT2D eigenvalue weighted by Gasteiger charge is 2.33. The molecule has 100 valence electrons. The third-order valence-electron chi connectivity index (χ3n) is 4.60. The van der Waals surface area contributed by atoms with Crippen LogP contribution in [0.2, 0.25) is 0 Å². The van der Waals surface area contributed by atoms with E-state index in [-0.39, 0.29) is 0 Å². The van der Waals surface area contributed by atoms with E-state index < -0.39 is 0 Å². The molecule has 0 radical (unpaired) electrons. The molecule has 1 aliphatic heterocycles. The Morgan fingerprint density at radius 1 is 1.24 bits per heavy atom. The minimum absolute atomic E-state index is 0.386. The first-order chi connectivity index (χ1) is 8.20. The topological polar surface area (TPSA) is 24.5 Å². The molecule has 2 rings (SSSR count). The Morgan fingerprint density at radius 2 is 1.94 bits per heavy atom. The zero-order valence-corrected chi connectivity index (χ0v) is 11.6. The lowest BCUT2D eigenvalue weighted by molar-refractivity contribution is -0.0519. The predicted molar refractivity (Wildman–Crippen MR) is 71.2 cm³/mol. The molecule has 0 aromatic rings. The Kier molecular flexibility index (Phi) is 4.83. The van der Waals surface area contributed by atoms with Gasteiger partial charge in [0.2, 0.25) is 0 Å². The number of nitrogens with one attached hydrogen (secondary N) is 1. The standard InChI is InChI=1S/C14H28N2O/c1-11-4-6-12(7-5-11)14(15-2)13-10-16(3)8-9-17-13/h11-15H,4-10H2,1-3H3. The van der Waals surface area contributed by atoms with E-state index in [0.717, 1.165) is 31.5 Å². The van der Waals surface area contributed by atoms with E-state index >= 15 is 0 Å². The van der Waals surface area contributed by atoms with E-state index in [2.05, 4.69) is 31.2 Å². The van der Waals surface area contributed by atoms with Gasteiger partial charge in [0.05, 0.1) is 12.7 Å². The van der Waals surface area contributed by atoms with Crippen molar-refractivity contribution >= 4 is 0 Å². The van der Waals surface area contributed by atoms with Crippen molar-refractivity contribution in [1.82, 2.24) is 10.2 Å². The van der Waals surface area contributed by atoms with Crippen molar-refractivity contribution in [2.75, 3.05) is 33.8 Å². The molecule has 2 unspecified atom stereocenters. The number of morpholine rings is 1. The molecule has 1 heterocycles. The molecule has 2 aliphatic rings. The van der Waals surface area contributed by atoms with Crippen molar-refractivity contribution in [2.24, 2.45) is 11.8 Å². The fraction of sp³-hybridized carbons (Fsp3) is 1.00. The minimum atomic E-state index is 0.386. The van der Waals surface area contributed by atoms with Gasteiger partial charge in [0, 0.05) is 19.1 Å². The van der Waals surface area contributed by atoms with Crippen LogP contribution >= 0.6 is 0 Å². The van der Waals surface area contributed by atoms with Crippen LogP contribution in [0, 0.1) is 11.8 Å². The van der Waals surface area contributed by atoms with E-state index in [1.807, 2.05) is 0 Å². The number of hydrogen-bond acceptors (Lipinski definition) is 3.